The van der Waals surface area contributed by atoms with Gasteiger partial charge in [0, 0.05) is 46.2 Å². The minimum atomic E-state index is 0.205. The lowest BCUT2D eigenvalue weighted by molar-refractivity contribution is -0.133. The molecule has 0 aliphatic carbocycles. The van der Waals surface area contributed by atoms with Crippen LogP contribution in [0.4, 0.5) is 0 Å². The minimum Gasteiger partial charge on any atom is -0.379 e. The van der Waals surface area contributed by atoms with Crippen molar-refractivity contribution in [3.63, 3.8) is 0 Å². The van der Waals surface area contributed by atoms with Crippen LogP contribution in [0.2, 0.25) is 0 Å². The number of nitrogens with zero attached hydrogens (tertiary/aromatic N) is 6. The topological polar surface area (TPSA) is 68.4 Å². The van der Waals surface area contributed by atoms with E-state index in [2.05, 4.69) is 26.5 Å². The van der Waals surface area contributed by atoms with Gasteiger partial charge in [-0.05, 0) is 12.5 Å². The molecule has 0 radical (unpaired) electrons. The highest BCUT2D eigenvalue weighted by Gasteiger charge is 2.24. The number of fused-ring (bicyclic) bond motifs is 1. The number of carbonyl (C=O) groups excluding carboxylic acids is 1. The van der Waals surface area contributed by atoms with Crippen molar-refractivity contribution >= 4 is 5.91 Å². The van der Waals surface area contributed by atoms with Crippen molar-refractivity contribution in [3.05, 3.63) is 23.8 Å². The summed E-state index contributed by atoms with van der Waals surface area (Å²) in [6, 6.07) is 0. The van der Waals surface area contributed by atoms with Crippen molar-refractivity contribution in [2.24, 2.45) is 7.05 Å². The molecule has 2 aromatic rings. The Bertz CT molecular complexity index is 770. The molecule has 0 atom stereocenters. The summed E-state index contributed by atoms with van der Waals surface area (Å²) in [5.41, 5.74) is 3.32. The maximum atomic E-state index is 12.7. The van der Waals surface area contributed by atoms with Crippen molar-refractivity contribution in [2.45, 2.75) is 19.9 Å². The van der Waals surface area contributed by atoms with Gasteiger partial charge in [-0.1, -0.05) is 0 Å². The van der Waals surface area contributed by atoms with E-state index >= 15 is 0 Å². The van der Waals surface area contributed by atoms with Crippen LogP contribution < -0.4 is 0 Å². The second kappa shape index (κ2) is 7.20. The molecule has 26 heavy (non-hydrogen) atoms. The van der Waals surface area contributed by atoms with Crippen LogP contribution in [0.25, 0.3) is 11.4 Å². The number of imidazole rings is 1. The fourth-order valence-electron chi connectivity index (χ4n) is 3.83. The smallest absolute Gasteiger partial charge is 0.236 e. The fourth-order valence-corrected chi connectivity index (χ4v) is 3.83. The monoisotopic (exact) mass is 358 g/mol. The Hall–Kier alpha value is -2.19. The number of aryl methyl sites for hydroxylation is 2. The number of ether oxygens (including phenoxy) is 1. The average Bonchev–Trinajstić information content (AvgIpc) is 3.10. The average molecular weight is 358 g/mol. The Morgan fingerprint density at radius 2 is 1.96 bits per heavy atom. The van der Waals surface area contributed by atoms with E-state index in [1.807, 2.05) is 29.0 Å². The maximum Gasteiger partial charge on any atom is 0.236 e. The lowest BCUT2D eigenvalue weighted by Gasteiger charge is -2.29. The first kappa shape index (κ1) is 17.2. The third-order valence-corrected chi connectivity index (χ3v) is 5.32. The van der Waals surface area contributed by atoms with E-state index in [0.717, 1.165) is 75.1 Å². The third-order valence-electron chi connectivity index (χ3n) is 5.32. The van der Waals surface area contributed by atoms with E-state index in [9.17, 15) is 4.79 Å². The van der Waals surface area contributed by atoms with Gasteiger partial charge >= 0.3 is 0 Å². The summed E-state index contributed by atoms with van der Waals surface area (Å²) in [7, 11) is 1.96. The predicted molar refractivity (Wildman–Crippen MR) is 96.7 cm³/mol. The van der Waals surface area contributed by atoms with Crippen LogP contribution in [-0.2, 0) is 29.5 Å². The lowest BCUT2D eigenvalue weighted by atomic mass is 10.2. The normalized spacial score (nSPS) is 18.6. The molecule has 0 aromatic carbocycles. The molecule has 0 saturated carbocycles. The van der Waals surface area contributed by atoms with E-state index in [0.29, 0.717) is 6.54 Å². The first-order chi connectivity index (χ1) is 12.6. The number of morpholine rings is 1. The Morgan fingerprint density at radius 1 is 1.15 bits per heavy atom. The van der Waals surface area contributed by atoms with Crippen molar-refractivity contribution in [2.75, 3.05) is 45.9 Å². The van der Waals surface area contributed by atoms with Gasteiger partial charge in [0.05, 0.1) is 43.5 Å². The fraction of sp³-hybridized carbons (Fsp3) is 0.611. The quantitative estimate of drug-likeness (QED) is 0.790. The summed E-state index contributed by atoms with van der Waals surface area (Å²) in [6.45, 7) is 7.88. The first-order valence-electron chi connectivity index (χ1n) is 9.24. The van der Waals surface area contributed by atoms with Gasteiger partial charge in [-0.2, -0.15) is 5.10 Å². The highest BCUT2D eigenvalue weighted by Crippen LogP contribution is 2.25. The van der Waals surface area contributed by atoms with Crippen LogP contribution >= 0.6 is 0 Å². The minimum absolute atomic E-state index is 0.205. The summed E-state index contributed by atoms with van der Waals surface area (Å²) in [5.74, 6) is 1.25. The van der Waals surface area contributed by atoms with Gasteiger partial charge in [0.2, 0.25) is 5.91 Å². The molecule has 0 spiro atoms. The molecule has 4 heterocycles. The molecule has 0 bridgehead atoms. The van der Waals surface area contributed by atoms with Crippen LogP contribution in [0.3, 0.4) is 0 Å². The molecule has 2 aliphatic rings. The standard InChI is InChI=1S/C18H26N6O2/c1-14-11-20-21(2)18(14)15-12-19-16-3-4-23(5-6-24(15)16)17(25)13-22-7-9-26-10-8-22/h11-12H,3-10,13H2,1-2H3. The van der Waals surface area contributed by atoms with E-state index in [1.54, 1.807) is 0 Å². The Labute approximate surface area is 153 Å². The number of amides is 1. The van der Waals surface area contributed by atoms with Gasteiger partial charge in [0.1, 0.15) is 5.82 Å². The molecule has 2 aromatic heterocycles. The summed E-state index contributed by atoms with van der Waals surface area (Å²) >= 11 is 0. The van der Waals surface area contributed by atoms with Gasteiger partial charge in [0.25, 0.3) is 0 Å². The molecule has 140 valence electrons. The first-order valence-corrected chi connectivity index (χ1v) is 9.24. The molecule has 1 fully saturated rings. The molecule has 4 rings (SSSR count). The van der Waals surface area contributed by atoms with Gasteiger partial charge in [-0.25, -0.2) is 4.98 Å². The Balaban J connectivity index is 1.47. The van der Waals surface area contributed by atoms with Crippen LogP contribution in [0.15, 0.2) is 12.4 Å². The highest BCUT2D eigenvalue weighted by atomic mass is 16.5. The SMILES string of the molecule is Cc1cnn(C)c1-c1cnc2n1CCN(C(=O)CN1CCOCC1)CC2. The van der Waals surface area contributed by atoms with E-state index in [-0.39, 0.29) is 5.91 Å². The second-order valence-corrected chi connectivity index (χ2v) is 7.03. The molecule has 0 unspecified atom stereocenters. The van der Waals surface area contributed by atoms with E-state index in [4.69, 9.17) is 4.74 Å². The zero-order valence-electron chi connectivity index (χ0n) is 15.5. The molecular weight excluding hydrogens is 332 g/mol. The largest absolute Gasteiger partial charge is 0.379 e. The van der Waals surface area contributed by atoms with Crippen LogP contribution in [0.1, 0.15) is 11.4 Å². The highest BCUT2D eigenvalue weighted by molar-refractivity contribution is 5.78. The van der Waals surface area contributed by atoms with Crippen molar-refractivity contribution in [1.29, 1.82) is 0 Å². The number of hydrogen-bond acceptors (Lipinski definition) is 5. The molecule has 1 saturated heterocycles. The summed E-state index contributed by atoms with van der Waals surface area (Å²) in [6.07, 6.45) is 4.60. The van der Waals surface area contributed by atoms with Crippen LogP contribution in [0, 0.1) is 6.92 Å². The number of aromatic nitrogens is 4. The lowest BCUT2D eigenvalue weighted by Crippen LogP contribution is -2.45. The van der Waals surface area contributed by atoms with Crippen molar-refractivity contribution < 1.29 is 9.53 Å². The van der Waals surface area contributed by atoms with E-state index in [1.165, 1.54) is 0 Å². The van der Waals surface area contributed by atoms with Crippen LogP contribution in [-0.4, -0.2) is 81.0 Å². The molecular formula is C18H26N6O2. The molecule has 8 nitrogen and oxygen atoms in total. The zero-order valence-corrected chi connectivity index (χ0v) is 15.5. The molecule has 1 amide bonds. The zero-order chi connectivity index (χ0) is 18.1. The number of carbonyl (C=O) groups is 1. The molecule has 0 N–H and O–H groups in total. The van der Waals surface area contributed by atoms with Gasteiger partial charge in [0.15, 0.2) is 0 Å². The van der Waals surface area contributed by atoms with Gasteiger partial charge in [-0.15, -0.1) is 0 Å². The van der Waals surface area contributed by atoms with E-state index < -0.39 is 0 Å². The summed E-state index contributed by atoms with van der Waals surface area (Å²) in [5, 5.41) is 4.35. The second-order valence-electron chi connectivity index (χ2n) is 7.03. The van der Waals surface area contributed by atoms with Gasteiger partial charge in [-0.3, -0.25) is 14.4 Å². The van der Waals surface area contributed by atoms with Crippen molar-refractivity contribution in [3.8, 4) is 11.4 Å². The Kier molecular flexibility index (Phi) is 4.78. The third kappa shape index (κ3) is 3.26. The summed E-state index contributed by atoms with van der Waals surface area (Å²) < 4.78 is 9.50. The Morgan fingerprint density at radius 3 is 2.69 bits per heavy atom. The number of rotatable bonds is 3. The maximum absolute atomic E-state index is 12.7. The summed E-state index contributed by atoms with van der Waals surface area (Å²) in [4.78, 5) is 21.5. The van der Waals surface area contributed by atoms with Crippen LogP contribution in [0.5, 0.6) is 0 Å². The van der Waals surface area contributed by atoms with Gasteiger partial charge < -0.3 is 14.2 Å². The molecule has 2 aliphatic heterocycles. The number of hydrogen-bond donors (Lipinski definition) is 0. The molecule has 8 heteroatoms. The van der Waals surface area contributed by atoms with Crippen molar-refractivity contribution in [1.82, 2.24) is 29.1 Å². The predicted octanol–water partition coefficient (Wildman–Crippen LogP) is 0.309.